The summed E-state index contributed by atoms with van der Waals surface area (Å²) in [7, 11) is 0. The maximum Gasteiger partial charge on any atom is -0.0184 e. The Morgan fingerprint density at radius 2 is 1.00 bits per heavy atom. The van der Waals surface area contributed by atoms with Gasteiger partial charge in [0.15, 0.2) is 0 Å². The van der Waals surface area contributed by atoms with Gasteiger partial charge in [-0.1, -0.05) is 60.7 Å². The van der Waals surface area contributed by atoms with Crippen molar-refractivity contribution < 1.29 is 20.9 Å². The minimum Gasteiger partial charge on any atom is -0.0622 e. The van der Waals surface area contributed by atoms with Crippen molar-refractivity contribution in [2.75, 3.05) is 6.54 Å². The second-order valence-electron chi connectivity index (χ2n) is 12.2. The zero-order chi connectivity index (χ0) is 31.1. The first kappa shape index (κ1) is 34.3. The van der Waals surface area contributed by atoms with Crippen LogP contribution in [0.15, 0.2) is 141 Å². The molecule has 0 amide bonds. The molecule has 0 bridgehead atoms. The van der Waals surface area contributed by atoms with Crippen LogP contribution in [0.2, 0.25) is 0 Å². The van der Waals surface area contributed by atoms with Gasteiger partial charge in [0.25, 0.3) is 0 Å². The molecule has 44 heavy (non-hydrogen) atoms. The van der Waals surface area contributed by atoms with Crippen molar-refractivity contribution in [2.24, 2.45) is 5.92 Å². The fraction of sp³-hybridized carbons (Fsp3) is 0.317. The third kappa shape index (κ3) is 9.46. The molecule has 1 nitrogen and oxygen atoms in total. The number of nitrogens with one attached hydrogen (secondary N) is 1. The largest absolute Gasteiger partial charge is 0.0622 e. The van der Waals surface area contributed by atoms with Gasteiger partial charge < -0.3 is 0 Å². The smallest absolute Gasteiger partial charge is 0.0184 e. The molecule has 3 heteroatoms. The van der Waals surface area contributed by atoms with Gasteiger partial charge in [0.05, 0.1) is 0 Å². The van der Waals surface area contributed by atoms with E-state index in [4.69, 9.17) is 0 Å². The van der Waals surface area contributed by atoms with E-state index in [0.717, 1.165) is 0 Å². The molecule has 1 unspecified atom stereocenters. The number of hydrogen-bond donors (Lipinski definition) is 1. The van der Waals surface area contributed by atoms with Crippen molar-refractivity contribution in [1.82, 2.24) is 3.30 Å². The summed E-state index contributed by atoms with van der Waals surface area (Å²) in [5, 5.41) is 3.26. The zero-order valence-electron chi connectivity index (χ0n) is 27.7. The molecular weight excluding hydrogens is 713 g/mol. The van der Waals surface area contributed by atoms with Crippen LogP contribution in [0.4, 0.5) is 0 Å². The second kappa shape index (κ2) is 18.4. The van der Waals surface area contributed by atoms with Crippen molar-refractivity contribution in [3.8, 4) is 11.1 Å². The fourth-order valence-corrected chi connectivity index (χ4v) is 37.9. The Morgan fingerprint density at radius 1 is 0.568 bits per heavy atom. The molecule has 229 valence electrons. The van der Waals surface area contributed by atoms with Gasteiger partial charge in [-0.2, -0.15) is 0 Å². The Kier molecular flexibility index (Phi) is 14.3. The van der Waals surface area contributed by atoms with Crippen molar-refractivity contribution in [2.45, 2.75) is 73.1 Å². The van der Waals surface area contributed by atoms with Crippen LogP contribution in [0.1, 0.15) is 73.1 Å². The molecule has 0 heterocycles. The molecule has 0 radical (unpaired) electrons. The van der Waals surface area contributed by atoms with E-state index in [9.17, 15) is 0 Å². The van der Waals surface area contributed by atoms with E-state index in [1.54, 1.807) is 27.1 Å². The van der Waals surface area contributed by atoms with E-state index in [1.807, 2.05) is 15.5 Å². The number of allylic oxidation sites excluding steroid dienone is 4. The molecule has 0 saturated heterocycles. The van der Waals surface area contributed by atoms with Crippen LogP contribution in [0, 0.1) is 5.92 Å². The van der Waals surface area contributed by atoms with Gasteiger partial charge in [0, 0.05) is 0 Å². The molecule has 5 rings (SSSR count). The monoisotopic (exact) mass is 766 g/mol. The summed E-state index contributed by atoms with van der Waals surface area (Å²) in [5.74, 6) is -0.681. The van der Waals surface area contributed by atoms with Gasteiger partial charge in [-0.05, 0) is 11.1 Å². The van der Waals surface area contributed by atoms with Crippen LogP contribution >= 0.6 is 0 Å². The Bertz CT molecular complexity index is 1370. The van der Waals surface area contributed by atoms with Gasteiger partial charge >= 0.3 is 207 Å². The molecule has 4 aromatic rings. The topological polar surface area (TPSA) is 12.0 Å². The van der Waals surface area contributed by atoms with E-state index in [1.165, 1.54) is 56.2 Å². The molecule has 1 aliphatic carbocycles. The minimum absolute atomic E-state index is 0.622. The SMILES string of the molecule is CCCCCCCC[NH][Hf]([C]1=C(C)C(C)=C(C)C1C)[SiH](c1ccccc1)c1ccccc1.c1ccc(-c2ccccc2)cc1. The fourth-order valence-electron chi connectivity index (χ4n) is 6.36. The average molecular weight is 765 g/mol. The number of benzene rings is 4. The normalized spacial score (nSPS) is 14.5. The predicted octanol–water partition coefficient (Wildman–Crippen LogP) is 9.62. The quantitative estimate of drug-likeness (QED) is 0.106. The molecule has 0 aliphatic heterocycles. The van der Waals surface area contributed by atoms with E-state index in [2.05, 4.69) is 147 Å². The van der Waals surface area contributed by atoms with Crippen LogP contribution in [0.25, 0.3) is 11.1 Å². The van der Waals surface area contributed by atoms with Gasteiger partial charge in [0.2, 0.25) is 0 Å². The second-order valence-corrected chi connectivity index (χ2v) is 31.5. The standard InChI is InChI=1S/C12H11Si.C12H10.C9H13.C8H18N.Hf/c1-3-7-11(8-4-1)13-12-9-5-2-6-10-12;1-3-7-11(8-4-1)12-9-5-2-6-10-12;1-6-5-7(2)9(4)8(6)3;1-2-3-4-5-6-7-8-9;/h1-10,13H;1-10H;6H,1-4H3;9H,2-8H2,1H3;/q;;;-1;+1. The molecular formula is C41H52HfNSi. The zero-order valence-corrected chi connectivity index (χ0v) is 32.4. The molecule has 0 aromatic heterocycles. The van der Waals surface area contributed by atoms with Crippen LogP contribution < -0.4 is 13.7 Å². The Labute approximate surface area is 277 Å². The van der Waals surface area contributed by atoms with E-state index in [-0.39, 0.29) is 0 Å². The summed E-state index contributed by atoms with van der Waals surface area (Å²) in [6.45, 7) is 13.1. The predicted molar refractivity (Wildman–Crippen MR) is 193 cm³/mol. The van der Waals surface area contributed by atoms with Gasteiger partial charge in [0.1, 0.15) is 0 Å². The van der Waals surface area contributed by atoms with Crippen molar-refractivity contribution >= 4 is 16.4 Å². The molecule has 1 aliphatic rings. The van der Waals surface area contributed by atoms with Crippen LogP contribution in [0.5, 0.6) is 0 Å². The summed E-state index contributed by atoms with van der Waals surface area (Å²) >= 11 is -2.36. The first-order chi connectivity index (χ1) is 21.5. The molecule has 1 atom stereocenters. The summed E-state index contributed by atoms with van der Waals surface area (Å²) in [4.78, 5) is 0. The molecule has 0 spiro atoms. The molecule has 1 N–H and O–H groups in total. The van der Waals surface area contributed by atoms with Gasteiger partial charge in [-0.3, -0.25) is 0 Å². The maximum absolute atomic E-state index is 4.34. The summed E-state index contributed by atoms with van der Waals surface area (Å²) in [6, 6.07) is 43.8. The summed E-state index contributed by atoms with van der Waals surface area (Å²) < 4.78 is 6.20. The molecule has 0 fully saturated rings. The van der Waals surface area contributed by atoms with Crippen LogP contribution in [-0.4, -0.2) is 12.5 Å². The van der Waals surface area contributed by atoms with Crippen LogP contribution in [0.3, 0.4) is 0 Å². The third-order valence-electron chi connectivity index (χ3n) is 9.21. The average Bonchev–Trinajstić information content (AvgIpc) is 3.27. The first-order valence-electron chi connectivity index (χ1n) is 16.7. The molecule has 4 aromatic carbocycles. The molecule has 0 saturated carbocycles. The maximum atomic E-state index is 4.34. The van der Waals surface area contributed by atoms with Gasteiger partial charge in [-0.25, -0.2) is 0 Å². The van der Waals surface area contributed by atoms with E-state index >= 15 is 0 Å². The number of unbranched alkanes of at least 4 members (excludes halogenated alkanes) is 5. The van der Waals surface area contributed by atoms with Gasteiger partial charge in [-0.15, -0.1) is 0 Å². The van der Waals surface area contributed by atoms with Crippen molar-refractivity contribution in [3.63, 3.8) is 0 Å². The Morgan fingerprint density at radius 3 is 1.43 bits per heavy atom. The Hall–Kier alpha value is -2.59. The van der Waals surface area contributed by atoms with Crippen molar-refractivity contribution in [3.05, 3.63) is 141 Å². The third-order valence-corrected chi connectivity index (χ3v) is 36.8. The minimum atomic E-state index is -2.36. The first-order valence-corrected chi connectivity index (χ1v) is 28.3. The number of rotatable bonds is 13. The van der Waals surface area contributed by atoms with Crippen LogP contribution in [-0.2, 0) is 20.9 Å². The summed E-state index contributed by atoms with van der Waals surface area (Å²) in [5.41, 5.74) is 7.34. The Balaban J connectivity index is 0.000000305. The van der Waals surface area contributed by atoms with E-state index < -0.39 is 26.9 Å². The van der Waals surface area contributed by atoms with Crippen molar-refractivity contribution in [1.29, 1.82) is 0 Å². The summed E-state index contributed by atoms with van der Waals surface area (Å²) in [6.07, 6.45) is 8.22. The number of hydrogen-bond acceptors (Lipinski definition) is 1. The van der Waals surface area contributed by atoms with E-state index in [0.29, 0.717) is 5.92 Å².